The van der Waals surface area contributed by atoms with Gasteiger partial charge in [0.25, 0.3) is 0 Å². The highest BCUT2D eigenvalue weighted by atomic mass is 35.5. The van der Waals surface area contributed by atoms with E-state index in [0.717, 1.165) is 18.4 Å². The third kappa shape index (κ3) is 3.88. The van der Waals surface area contributed by atoms with Gasteiger partial charge in [0.1, 0.15) is 0 Å². The van der Waals surface area contributed by atoms with E-state index < -0.39 is 0 Å². The number of hydrogen-bond donors (Lipinski definition) is 1. The van der Waals surface area contributed by atoms with Crippen molar-refractivity contribution in [2.24, 2.45) is 5.73 Å². The first kappa shape index (κ1) is 15.2. The third-order valence-corrected chi connectivity index (χ3v) is 3.95. The Bertz CT molecular complexity index is 543. The monoisotopic (exact) mass is 311 g/mol. The molecule has 1 aromatic carbocycles. The summed E-state index contributed by atoms with van der Waals surface area (Å²) in [4.78, 5) is 0. The summed E-state index contributed by atoms with van der Waals surface area (Å²) in [7, 11) is 1.61. The molecule has 0 atom stereocenters. The van der Waals surface area contributed by atoms with Gasteiger partial charge in [0.2, 0.25) is 0 Å². The van der Waals surface area contributed by atoms with Crippen LogP contribution in [-0.4, -0.2) is 20.3 Å². The fourth-order valence-corrected chi connectivity index (χ4v) is 2.92. The number of benzene rings is 1. The van der Waals surface area contributed by atoms with Crippen molar-refractivity contribution >= 4 is 22.9 Å². The zero-order valence-corrected chi connectivity index (χ0v) is 13.0. The summed E-state index contributed by atoms with van der Waals surface area (Å²) in [6, 6.07) is 5.91. The van der Waals surface area contributed by atoms with Crippen LogP contribution in [0, 0.1) is 0 Å². The van der Waals surface area contributed by atoms with E-state index in [2.05, 4.69) is 16.8 Å². The maximum Gasteiger partial charge on any atom is 0.179 e. The van der Waals surface area contributed by atoms with Gasteiger partial charge in [0.05, 0.1) is 18.7 Å². The molecule has 0 bridgehead atoms. The molecule has 2 rings (SSSR count). The number of nitrogens with two attached hydrogens (primary N) is 1. The van der Waals surface area contributed by atoms with Crippen molar-refractivity contribution in [1.29, 1.82) is 0 Å². The maximum atomic E-state index is 6.27. The molecule has 1 aromatic heterocycles. The number of thiophene rings is 1. The van der Waals surface area contributed by atoms with Gasteiger partial charge in [-0.05, 0) is 53.1 Å². The van der Waals surface area contributed by atoms with E-state index in [-0.39, 0.29) is 0 Å². The first-order valence-corrected chi connectivity index (χ1v) is 7.77. The normalized spacial score (nSPS) is 10.6. The first-order chi connectivity index (χ1) is 9.74. The van der Waals surface area contributed by atoms with Crippen molar-refractivity contribution in [1.82, 2.24) is 0 Å². The van der Waals surface area contributed by atoms with Crippen LogP contribution in [-0.2, 0) is 12.8 Å². The van der Waals surface area contributed by atoms with Crippen LogP contribution in [0.1, 0.15) is 11.1 Å². The predicted octanol–water partition coefficient (Wildman–Crippen LogP) is 3.53. The van der Waals surface area contributed by atoms with E-state index >= 15 is 0 Å². The van der Waals surface area contributed by atoms with Crippen molar-refractivity contribution in [2.45, 2.75) is 12.8 Å². The lowest BCUT2D eigenvalue weighted by atomic mass is 10.1. The Balaban J connectivity index is 2.06. The summed E-state index contributed by atoms with van der Waals surface area (Å²) in [6.07, 6.45) is 1.62. The molecule has 0 aliphatic carbocycles. The molecule has 0 amide bonds. The van der Waals surface area contributed by atoms with Gasteiger partial charge in [-0.3, -0.25) is 0 Å². The minimum atomic E-state index is 0.568. The lowest BCUT2D eigenvalue weighted by Gasteiger charge is -2.14. The summed E-state index contributed by atoms with van der Waals surface area (Å²) in [5.41, 5.74) is 7.88. The van der Waals surface area contributed by atoms with Gasteiger partial charge in [-0.1, -0.05) is 11.6 Å². The van der Waals surface area contributed by atoms with E-state index in [9.17, 15) is 0 Å². The van der Waals surface area contributed by atoms with Crippen molar-refractivity contribution in [2.75, 3.05) is 20.3 Å². The topological polar surface area (TPSA) is 44.5 Å². The lowest BCUT2D eigenvalue weighted by molar-refractivity contribution is 0.298. The molecule has 20 heavy (non-hydrogen) atoms. The van der Waals surface area contributed by atoms with Crippen molar-refractivity contribution in [3.63, 3.8) is 0 Å². The molecule has 3 nitrogen and oxygen atoms in total. The van der Waals surface area contributed by atoms with Crippen LogP contribution in [0.15, 0.2) is 29.0 Å². The SMILES string of the molecule is COc1cc(CCN)cc(Cl)c1OCCc1ccsc1. The number of ether oxygens (including phenoxy) is 2. The minimum absolute atomic E-state index is 0.568. The highest BCUT2D eigenvalue weighted by Crippen LogP contribution is 2.36. The van der Waals surface area contributed by atoms with E-state index in [1.54, 1.807) is 18.4 Å². The molecule has 0 saturated carbocycles. The summed E-state index contributed by atoms with van der Waals surface area (Å²) in [5, 5.41) is 4.75. The molecule has 0 spiro atoms. The van der Waals surface area contributed by atoms with Crippen LogP contribution in [0.3, 0.4) is 0 Å². The Kier molecular flexibility index (Phi) is 5.71. The zero-order chi connectivity index (χ0) is 14.4. The molecule has 0 unspecified atom stereocenters. The Morgan fingerprint density at radius 2 is 2.10 bits per heavy atom. The second-order valence-corrected chi connectivity index (χ2v) is 5.56. The van der Waals surface area contributed by atoms with Crippen LogP contribution >= 0.6 is 22.9 Å². The fraction of sp³-hybridized carbons (Fsp3) is 0.333. The average Bonchev–Trinajstić information content (AvgIpc) is 2.94. The summed E-state index contributed by atoms with van der Waals surface area (Å²) in [6.45, 7) is 1.15. The third-order valence-electron chi connectivity index (χ3n) is 2.94. The second kappa shape index (κ2) is 7.53. The molecule has 0 saturated heterocycles. The van der Waals surface area contributed by atoms with Crippen LogP contribution < -0.4 is 15.2 Å². The summed E-state index contributed by atoms with van der Waals surface area (Å²) < 4.78 is 11.1. The van der Waals surface area contributed by atoms with Crippen molar-refractivity contribution in [3.05, 3.63) is 45.1 Å². The van der Waals surface area contributed by atoms with Gasteiger partial charge in [-0.2, -0.15) is 11.3 Å². The van der Waals surface area contributed by atoms with Gasteiger partial charge >= 0.3 is 0 Å². The van der Waals surface area contributed by atoms with Crippen molar-refractivity contribution in [3.8, 4) is 11.5 Å². The molecule has 0 aliphatic rings. The van der Waals surface area contributed by atoms with Gasteiger partial charge in [-0.25, -0.2) is 0 Å². The standard InChI is InChI=1S/C15H18ClNO2S/c1-18-14-9-12(2-5-17)8-13(16)15(14)19-6-3-11-4-7-20-10-11/h4,7-10H,2-3,5-6,17H2,1H3. The minimum Gasteiger partial charge on any atom is -0.493 e. The van der Waals surface area contributed by atoms with Crippen LogP contribution in [0.4, 0.5) is 0 Å². The first-order valence-electron chi connectivity index (χ1n) is 6.45. The fourth-order valence-electron chi connectivity index (χ4n) is 1.93. The molecule has 0 fully saturated rings. The highest BCUT2D eigenvalue weighted by Gasteiger charge is 2.12. The largest absolute Gasteiger partial charge is 0.493 e. The molecule has 0 aliphatic heterocycles. The lowest BCUT2D eigenvalue weighted by Crippen LogP contribution is -2.05. The quantitative estimate of drug-likeness (QED) is 0.850. The molecule has 5 heteroatoms. The number of halogens is 1. The number of hydrogen-bond acceptors (Lipinski definition) is 4. The Morgan fingerprint density at radius 3 is 2.75 bits per heavy atom. The maximum absolute atomic E-state index is 6.27. The van der Waals surface area contributed by atoms with Crippen LogP contribution in [0.5, 0.6) is 11.5 Å². The second-order valence-electron chi connectivity index (χ2n) is 4.38. The van der Waals surface area contributed by atoms with Crippen LogP contribution in [0.25, 0.3) is 0 Å². The molecule has 2 N–H and O–H groups in total. The predicted molar refractivity (Wildman–Crippen MR) is 84.3 cm³/mol. The Labute approximate surface area is 128 Å². The van der Waals surface area contributed by atoms with Crippen molar-refractivity contribution < 1.29 is 9.47 Å². The number of rotatable bonds is 7. The highest BCUT2D eigenvalue weighted by molar-refractivity contribution is 7.07. The van der Waals surface area contributed by atoms with E-state index in [1.165, 1.54) is 5.56 Å². The van der Waals surface area contributed by atoms with E-state index in [0.29, 0.717) is 29.7 Å². The number of methoxy groups -OCH3 is 1. The van der Waals surface area contributed by atoms with Crippen LogP contribution in [0.2, 0.25) is 5.02 Å². The molecular weight excluding hydrogens is 294 g/mol. The molecule has 2 aromatic rings. The Morgan fingerprint density at radius 1 is 1.25 bits per heavy atom. The molecular formula is C15H18ClNO2S. The summed E-state index contributed by atoms with van der Waals surface area (Å²) >= 11 is 7.95. The van der Waals surface area contributed by atoms with Gasteiger partial charge in [0, 0.05) is 6.42 Å². The Hall–Kier alpha value is -1.23. The molecule has 0 radical (unpaired) electrons. The molecule has 1 heterocycles. The summed E-state index contributed by atoms with van der Waals surface area (Å²) in [5.74, 6) is 1.26. The van der Waals surface area contributed by atoms with Gasteiger partial charge in [0.15, 0.2) is 11.5 Å². The van der Waals surface area contributed by atoms with E-state index in [4.69, 9.17) is 26.8 Å². The van der Waals surface area contributed by atoms with E-state index in [1.807, 2.05) is 12.1 Å². The molecule has 108 valence electrons. The average molecular weight is 312 g/mol. The zero-order valence-electron chi connectivity index (χ0n) is 11.4. The smallest absolute Gasteiger partial charge is 0.179 e. The van der Waals surface area contributed by atoms with Gasteiger partial charge in [-0.15, -0.1) is 0 Å². The van der Waals surface area contributed by atoms with Gasteiger partial charge < -0.3 is 15.2 Å².